The van der Waals surface area contributed by atoms with E-state index in [4.69, 9.17) is 0 Å². The molecule has 0 aliphatic heterocycles. The lowest BCUT2D eigenvalue weighted by Gasteiger charge is -2.12. The normalized spacial score (nSPS) is 12.2. The van der Waals surface area contributed by atoms with E-state index < -0.39 is 6.10 Å². The molecule has 2 heterocycles. The molecule has 4 nitrogen and oxygen atoms in total. The van der Waals surface area contributed by atoms with Gasteiger partial charge < -0.3 is 10.4 Å². The van der Waals surface area contributed by atoms with Crippen LogP contribution in [0.2, 0.25) is 0 Å². The van der Waals surface area contributed by atoms with Gasteiger partial charge in [0.2, 0.25) is 0 Å². The highest BCUT2D eigenvalue weighted by molar-refractivity contribution is 7.21. The summed E-state index contributed by atoms with van der Waals surface area (Å²) in [4.78, 5) is 10.8. The third-order valence-electron chi connectivity index (χ3n) is 4.03. The molecular weight excluding hydrogens is 330 g/mol. The number of thiophene rings is 1. The predicted octanol–water partition coefficient (Wildman–Crippen LogP) is 4.50. The summed E-state index contributed by atoms with van der Waals surface area (Å²) in [7, 11) is 0. The van der Waals surface area contributed by atoms with E-state index in [1.165, 1.54) is 5.56 Å². The van der Waals surface area contributed by atoms with E-state index >= 15 is 0 Å². The molecule has 4 aromatic rings. The summed E-state index contributed by atoms with van der Waals surface area (Å²) in [5.41, 5.74) is 2.05. The van der Waals surface area contributed by atoms with Gasteiger partial charge in [-0.05, 0) is 17.2 Å². The van der Waals surface area contributed by atoms with Gasteiger partial charge in [0, 0.05) is 11.4 Å². The van der Waals surface area contributed by atoms with Gasteiger partial charge in [0.1, 0.15) is 17.0 Å². The predicted molar refractivity (Wildman–Crippen MR) is 103 cm³/mol. The molecule has 0 saturated carbocycles. The molecule has 0 unspecified atom stereocenters. The van der Waals surface area contributed by atoms with E-state index in [0.29, 0.717) is 6.54 Å². The number of aliphatic hydroxyl groups excluding tert-OH is 1. The quantitative estimate of drug-likeness (QED) is 0.558. The van der Waals surface area contributed by atoms with Crippen LogP contribution in [0.15, 0.2) is 73.1 Å². The first-order valence-electron chi connectivity index (χ1n) is 8.08. The second kappa shape index (κ2) is 7.01. The number of rotatable bonds is 5. The van der Waals surface area contributed by atoms with Crippen molar-refractivity contribution in [3.8, 4) is 10.4 Å². The number of hydrogen-bond donors (Lipinski definition) is 2. The molecule has 0 radical (unpaired) electrons. The van der Waals surface area contributed by atoms with Gasteiger partial charge in [0.15, 0.2) is 0 Å². The summed E-state index contributed by atoms with van der Waals surface area (Å²) in [6.45, 7) is 0.395. The third-order valence-corrected chi connectivity index (χ3v) is 5.13. The number of anilines is 1. The minimum Gasteiger partial charge on any atom is -0.387 e. The van der Waals surface area contributed by atoms with Gasteiger partial charge >= 0.3 is 0 Å². The van der Waals surface area contributed by atoms with Crippen LogP contribution < -0.4 is 5.32 Å². The van der Waals surface area contributed by atoms with Crippen LogP contribution >= 0.6 is 11.3 Å². The number of nitrogens with one attached hydrogen (secondary N) is 1. The monoisotopic (exact) mass is 347 g/mol. The van der Waals surface area contributed by atoms with E-state index in [1.54, 1.807) is 17.7 Å². The lowest BCUT2D eigenvalue weighted by Crippen LogP contribution is -2.13. The Hall–Kier alpha value is -2.76. The Morgan fingerprint density at radius 2 is 1.68 bits per heavy atom. The van der Waals surface area contributed by atoms with E-state index in [0.717, 1.165) is 26.5 Å². The van der Waals surface area contributed by atoms with Crippen LogP contribution in [-0.2, 0) is 0 Å². The van der Waals surface area contributed by atoms with Gasteiger partial charge in [-0.15, -0.1) is 11.3 Å². The topological polar surface area (TPSA) is 58.0 Å². The van der Waals surface area contributed by atoms with Crippen LogP contribution in [0.4, 0.5) is 5.82 Å². The van der Waals surface area contributed by atoms with Gasteiger partial charge in [-0.25, -0.2) is 9.97 Å². The van der Waals surface area contributed by atoms with Crippen molar-refractivity contribution < 1.29 is 5.11 Å². The fourth-order valence-corrected chi connectivity index (χ4v) is 3.73. The second-order valence-corrected chi connectivity index (χ2v) is 6.76. The molecule has 0 bridgehead atoms. The van der Waals surface area contributed by atoms with Crippen molar-refractivity contribution in [2.75, 3.05) is 11.9 Å². The molecule has 0 fully saturated rings. The van der Waals surface area contributed by atoms with Gasteiger partial charge in [-0.2, -0.15) is 0 Å². The molecule has 2 N–H and O–H groups in total. The molecule has 1 atom stereocenters. The maximum absolute atomic E-state index is 10.3. The Morgan fingerprint density at radius 1 is 0.960 bits per heavy atom. The van der Waals surface area contributed by atoms with Crippen molar-refractivity contribution in [3.05, 3.63) is 78.6 Å². The molecule has 0 amide bonds. The van der Waals surface area contributed by atoms with Crippen LogP contribution in [0.5, 0.6) is 0 Å². The average molecular weight is 347 g/mol. The van der Waals surface area contributed by atoms with Crippen molar-refractivity contribution in [1.82, 2.24) is 9.97 Å². The van der Waals surface area contributed by atoms with Crippen LogP contribution in [0.25, 0.3) is 20.7 Å². The van der Waals surface area contributed by atoms with E-state index in [1.807, 2.05) is 48.5 Å². The fourth-order valence-electron chi connectivity index (χ4n) is 2.73. The smallest absolute Gasteiger partial charge is 0.138 e. The summed E-state index contributed by atoms with van der Waals surface area (Å²) in [6.07, 6.45) is 0.976. The zero-order valence-electron chi connectivity index (χ0n) is 13.5. The van der Waals surface area contributed by atoms with Gasteiger partial charge in [-0.1, -0.05) is 60.7 Å². The third kappa shape index (κ3) is 3.38. The molecule has 0 spiro atoms. The summed E-state index contributed by atoms with van der Waals surface area (Å²) in [6, 6.07) is 22.0. The van der Waals surface area contributed by atoms with Gasteiger partial charge in [0.05, 0.1) is 11.5 Å². The number of nitrogens with zero attached hydrogens (tertiary/aromatic N) is 2. The minimum atomic E-state index is -0.585. The van der Waals surface area contributed by atoms with E-state index in [2.05, 4.69) is 33.5 Å². The zero-order valence-corrected chi connectivity index (χ0v) is 14.3. The maximum Gasteiger partial charge on any atom is 0.138 e. The SMILES string of the molecule is O[C@H](CNc1ncnc2sc(-c3ccccc3)cc12)c1ccccc1. The van der Waals surface area contributed by atoms with E-state index in [9.17, 15) is 5.11 Å². The molecule has 4 rings (SSSR count). The number of aliphatic hydroxyl groups is 1. The first kappa shape index (κ1) is 15.7. The summed E-state index contributed by atoms with van der Waals surface area (Å²) in [5, 5.41) is 14.6. The first-order chi connectivity index (χ1) is 12.3. The average Bonchev–Trinajstić information content (AvgIpc) is 3.12. The van der Waals surface area contributed by atoms with Crippen LogP contribution in [0.3, 0.4) is 0 Å². The highest BCUT2D eigenvalue weighted by Crippen LogP contribution is 2.34. The van der Waals surface area contributed by atoms with Gasteiger partial charge in [-0.3, -0.25) is 0 Å². The van der Waals surface area contributed by atoms with E-state index in [-0.39, 0.29) is 0 Å². The molecule has 2 aromatic carbocycles. The first-order valence-corrected chi connectivity index (χ1v) is 8.90. The summed E-state index contributed by atoms with van der Waals surface area (Å²) >= 11 is 1.64. The highest BCUT2D eigenvalue weighted by Gasteiger charge is 2.12. The molecule has 0 aliphatic carbocycles. The molecule has 0 aliphatic rings. The van der Waals surface area contributed by atoms with Crippen LogP contribution in [0, 0.1) is 0 Å². The fraction of sp³-hybridized carbons (Fsp3) is 0.100. The van der Waals surface area contributed by atoms with Crippen molar-refractivity contribution in [2.45, 2.75) is 6.10 Å². The summed E-state index contributed by atoms with van der Waals surface area (Å²) < 4.78 is 0. The molecule has 5 heteroatoms. The van der Waals surface area contributed by atoms with Crippen molar-refractivity contribution in [3.63, 3.8) is 0 Å². The molecular formula is C20H17N3OS. The van der Waals surface area contributed by atoms with Crippen molar-refractivity contribution in [1.29, 1.82) is 0 Å². The number of fused-ring (bicyclic) bond motifs is 1. The van der Waals surface area contributed by atoms with Crippen molar-refractivity contribution in [2.24, 2.45) is 0 Å². The largest absolute Gasteiger partial charge is 0.387 e. The van der Waals surface area contributed by atoms with Crippen molar-refractivity contribution >= 4 is 27.4 Å². The Kier molecular flexibility index (Phi) is 4.41. The van der Waals surface area contributed by atoms with Crippen LogP contribution in [0.1, 0.15) is 11.7 Å². The Labute approximate surface area is 149 Å². The Morgan fingerprint density at radius 3 is 2.44 bits per heavy atom. The van der Waals surface area contributed by atoms with Crippen LogP contribution in [-0.4, -0.2) is 21.6 Å². The molecule has 124 valence electrons. The number of aromatic nitrogens is 2. The molecule has 25 heavy (non-hydrogen) atoms. The number of benzene rings is 2. The summed E-state index contributed by atoms with van der Waals surface area (Å²) in [5.74, 6) is 0.749. The standard InChI is InChI=1S/C20H17N3OS/c24-17(14-7-3-1-4-8-14)12-21-19-16-11-18(15-9-5-2-6-10-15)25-20(16)23-13-22-19/h1-11,13,17,24H,12H2,(H,21,22,23)/t17-/m1/s1. The zero-order chi connectivity index (χ0) is 17.1. The minimum absolute atomic E-state index is 0.395. The second-order valence-electron chi connectivity index (χ2n) is 5.73. The lowest BCUT2D eigenvalue weighted by atomic mass is 10.1. The molecule has 0 saturated heterocycles. The maximum atomic E-state index is 10.3. The van der Waals surface area contributed by atoms with Gasteiger partial charge in [0.25, 0.3) is 0 Å². The Bertz CT molecular complexity index is 970. The number of hydrogen-bond acceptors (Lipinski definition) is 5. The highest BCUT2D eigenvalue weighted by atomic mass is 32.1. The Balaban J connectivity index is 1.59. The lowest BCUT2D eigenvalue weighted by molar-refractivity contribution is 0.191. The molecule has 2 aromatic heterocycles.